The number of pyridine rings is 1. The molecule has 4 nitrogen and oxygen atoms in total. The van der Waals surface area contributed by atoms with Crippen molar-refractivity contribution in [3.05, 3.63) is 60.1 Å². The van der Waals surface area contributed by atoms with E-state index in [2.05, 4.69) is 16.4 Å². The molecule has 1 N–H and O–H groups in total. The number of aromatic nitrogens is 1. The van der Waals surface area contributed by atoms with Gasteiger partial charge in [0.05, 0.1) is 12.7 Å². The molecular weight excluding hydrogens is 252 g/mol. The van der Waals surface area contributed by atoms with Crippen LogP contribution in [0.1, 0.15) is 11.3 Å². The highest BCUT2D eigenvalue weighted by atomic mass is 16.5. The van der Waals surface area contributed by atoms with Crippen LogP contribution in [-0.2, 0) is 13.2 Å². The van der Waals surface area contributed by atoms with Gasteiger partial charge in [-0.05, 0) is 25.2 Å². The van der Waals surface area contributed by atoms with Crippen LogP contribution >= 0.6 is 0 Å². The SMILES string of the molecule is CNCc1oc2ccccc2c1COc1cccnc1. The number of nitrogens with one attached hydrogen (secondary N) is 1. The molecule has 4 heteroatoms. The lowest BCUT2D eigenvalue weighted by Crippen LogP contribution is -2.07. The molecule has 0 aliphatic rings. The van der Waals surface area contributed by atoms with E-state index in [1.54, 1.807) is 12.4 Å². The molecule has 3 rings (SSSR count). The summed E-state index contributed by atoms with van der Waals surface area (Å²) in [6.07, 6.45) is 3.44. The molecule has 0 spiro atoms. The van der Waals surface area contributed by atoms with E-state index in [9.17, 15) is 0 Å². The monoisotopic (exact) mass is 268 g/mol. The van der Waals surface area contributed by atoms with Gasteiger partial charge in [0.2, 0.25) is 0 Å². The molecule has 0 atom stereocenters. The zero-order valence-electron chi connectivity index (χ0n) is 11.3. The van der Waals surface area contributed by atoms with Gasteiger partial charge in [0.25, 0.3) is 0 Å². The van der Waals surface area contributed by atoms with Gasteiger partial charge in [-0.2, -0.15) is 0 Å². The fourth-order valence-corrected chi connectivity index (χ4v) is 2.20. The lowest BCUT2D eigenvalue weighted by molar-refractivity contribution is 0.301. The first kappa shape index (κ1) is 12.7. The van der Waals surface area contributed by atoms with Gasteiger partial charge < -0.3 is 14.5 Å². The van der Waals surface area contributed by atoms with Crippen molar-refractivity contribution in [2.45, 2.75) is 13.2 Å². The number of benzene rings is 1. The largest absolute Gasteiger partial charge is 0.487 e. The molecule has 0 radical (unpaired) electrons. The van der Waals surface area contributed by atoms with Crippen molar-refractivity contribution in [1.29, 1.82) is 0 Å². The Labute approximate surface area is 117 Å². The summed E-state index contributed by atoms with van der Waals surface area (Å²) < 4.78 is 11.7. The number of rotatable bonds is 5. The summed E-state index contributed by atoms with van der Waals surface area (Å²) in [5.41, 5.74) is 1.97. The number of fused-ring (bicyclic) bond motifs is 1. The summed E-state index contributed by atoms with van der Waals surface area (Å²) in [4.78, 5) is 4.04. The van der Waals surface area contributed by atoms with Gasteiger partial charge in [-0.1, -0.05) is 18.2 Å². The molecule has 1 aromatic carbocycles. The third-order valence-electron chi connectivity index (χ3n) is 3.14. The average molecular weight is 268 g/mol. The maximum Gasteiger partial charge on any atom is 0.138 e. The first-order chi connectivity index (χ1) is 9.88. The third kappa shape index (κ3) is 2.51. The highest BCUT2D eigenvalue weighted by Gasteiger charge is 2.13. The first-order valence-corrected chi connectivity index (χ1v) is 6.55. The van der Waals surface area contributed by atoms with E-state index in [1.807, 2.05) is 37.4 Å². The molecule has 102 valence electrons. The van der Waals surface area contributed by atoms with Crippen LogP contribution in [0.25, 0.3) is 11.0 Å². The topological polar surface area (TPSA) is 47.3 Å². The zero-order chi connectivity index (χ0) is 13.8. The van der Waals surface area contributed by atoms with E-state index in [0.29, 0.717) is 13.2 Å². The summed E-state index contributed by atoms with van der Waals surface area (Å²) in [5, 5.41) is 4.22. The van der Waals surface area contributed by atoms with Crippen LogP contribution in [0.5, 0.6) is 5.75 Å². The molecule has 20 heavy (non-hydrogen) atoms. The van der Waals surface area contributed by atoms with Crippen molar-refractivity contribution in [2.24, 2.45) is 0 Å². The standard InChI is InChI=1S/C16H16N2O2/c1-17-10-16-14(11-19-12-5-4-8-18-9-12)13-6-2-3-7-15(13)20-16/h2-9,17H,10-11H2,1H3. The molecule has 2 heterocycles. The number of hydrogen-bond acceptors (Lipinski definition) is 4. The molecule has 0 saturated carbocycles. The normalized spacial score (nSPS) is 10.8. The number of para-hydroxylation sites is 1. The van der Waals surface area contributed by atoms with Gasteiger partial charge in [0.15, 0.2) is 0 Å². The number of nitrogens with zero attached hydrogens (tertiary/aromatic N) is 1. The molecule has 0 unspecified atom stereocenters. The number of ether oxygens (including phenoxy) is 1. The minimum absolute atomic E-state index is 0.472. The summed E-state index contributed by atoms with van der Waals surface area (Å²) in [5.74, 6) is 1.67. The lowest BCUT2D eigenvalue weighted by atomic mass is 10.1. The van der Waals surface area contributed by atoms with Crippen molar-refractivity contribution in [2.75, 3.05) is 7.05 Å². The van der Waals surface area contributed by atoms with Crippen molar-refractivity contribution in [3.63, 3.8) is 0 Å². The molecule has 2 aromatic heterocycles. The van der Waals surface area contributed by atoms with Crippen LogP contribution in [0.3, 0.4) is 0 Å². The molecule has 0 bridgehead atoms. The van der Waals surface area contributed by atoms with Gasteiger partial charge in [0, 0.05) is 17.1 Å². The second-order valence-corrected chi connectivity index (χ2v) is 4.51. The highest BCUT2D eigenvalue weighted by molar-refractivity contribution is 5.82. The summed E-state index contributed by atoms with van der Waals surface area (Å²) in [7, 11) is 1.90. The van der Waals surface area contributed by atoms with Crippen molar-refractivity contribution in [3.8, 4) is 5.75 Å². The predicted molar refractivity (Wildman–Crippen MR) is 77.5 cm³/mol. The van der Waals surface area contributed by atoms with E-state index in [1.165, 1.54) is 0 Å². The Morgan fingerprint density at radius 1 is 1.20 bits per heavy atom. The van der Waals surface area contributed by atoms with Crippen molar-refractivity contribution >= 4 is 11.0 Å². The Kier molecular flexibility index (Phi) is 3.65. The molecule has 0 aliphatic heterocycles. The molecule has 0 amide bonds. The summed E-state index contributed by atoms with van der Waals surface area (Å²) in [6, 6.07) is 11.8. The maximum atomic E-state index is 5.87. The Morgan fingerprint density at radius 2 is 2.10 bits per heavy atom. The van der Waals surface area contributed by atoms with Gasteiger partial charge in [-0.15, -0.1) is 0 Å². The van der Waals surface area contributed by atoms with E-state index >= 15 is 0 Å². The van der Waals surface area contributed by atoms with Gasteiger partial charge in [-0.25, -0.2) is 0 Å². The minimum atomic E-state index is 0.472. The smallest absolute Gasteiger partial charge is 0.138 e. The van der Waals surface area contributed by atoms with Gasteiger partial charge >= 0.3 is 0 Å². The number of hydrogen-bond donors (Lipinski definition) is 1. The Balaban J connectivity index is 1.90. The fourth-order valence-electron chi connectivity index (χ4n) is 2.20. The molecule has 0 saturated heterocycles. The van der Waals surface area contributed by atoms with Crippen LogP contribution in [0, 0.1) is 0 Å². The Morgan fingerprint density at radius 3 is 2.90 bits per heavy atom. The van der Waals surface area contributed by atoms with Crippen LogP contribution < -0.4 is 10.1 Å². The molecule has 0 aliphatic carbocycles. The zero-order valence-corrected chi connectivity index (χ0v) is 11.3. The molecule has 3 aromatic rings. The van der Waals surface area contributed by atoms with Crippen LogP contribution in [0.15, 0.2) is 53.2 Å². The van der Waals surface area contributed by atoms with Crippen LogP contribution in [0.2, 0.25) is 0 Å². The van der Waals surface area contributed by atoms with E-state index in [4.69, 9.17) is 9.15 Å². The van der Waals surface area contributed by atoms with Crippen molar-refractivity contribution < 1.29 is 9.15 Å². The average Bonchev–Trinajstić information content (AvgIpc) is 2.84. The lowest BCUT2D eigenvalue weighted by Gasteiger charge is -2.06. The number of furan rings is 1. The van der Waals surface area contributed by atoms with Crippen molar-refractivity contribution in [1.82, 2.24) is 10.3 Å². The third-order valence-corrected chi connectivity index (χ3v) is 3.14. The fraction of sp³-hybridized carbons (Fsp3) is 0.188. The van der Waals surface area contributed by atoms with Crippen LogP contribution in [0.4, 0.5) is 0 Å². The first-order valence-electron chi connectivity index (χ1n) is 6.55. The van der Waals surface area contributed by atoms with E-state index in [-0.39, 0.29) is 0 Å². The quantitative estimate of drug-likeness (QED) is 0.772. The highest BCUT2D eigenvalue weighted by Crippen LogP contribution is 2.27. The second-order valence-electron chi connectivity index (χ2n) is 4.51. The Hall–Kier alpha value is -2.33. The summed E-state index contributed by atoms with van der Waals surface area (Å²) in [6.45, 7) is 1.15. The summed E-state index contributed by atoms with van der Waals surface area (Å²) >= 11 is 0. The Bertz CT molecular complexity index is 692. The van der Waals surface area contributed by atoms with Crippen LogP contribution in [-0.4, -0.2) is 12.0 Å². The maximum absolute atomic E-state index is 5.87. The van der Waals surface area contributed by atoms with Gasteiger partial charge in [0.1, 0.15) is 23.7 Å². The molecule has 0 fully saturated rings. The second kappa shape index (κ2) is 5.75. The van der Waals surface area contributed by atoms with Gasteiger partial charge in [-0.3, -0.25) is 4.98 Å². The van der Waals surface area contributed by atoms with E-state index < -0.39 is 0 Å². The predicted octanol–water partition coefficient (Wildman–Crippen LogP) is 3.13. The minimum Gasteiger partial charge on any atom is -0.487 e. The van der Waals surface area contributed by atoms with E-state index in [0.717, 1.165) is 28.0 Å². The molecular formula is C16H16N2O2.